The van der Waals surface area contributed by atoms with Gasteiger partial charge in [0.25, 0.3) is 0 Å². The predicted molar refractivity (Wildman–Crippen MR) is 43.9 cm³/mol. The Morgan fingerprint density at radius 1 is 1.64 bits per heavy atom. The molecule has 1 atom stereocenters. The van der Waals surface area contributed by atoms with Crippen LogP contribution in [-0.2, 0) is 4.79 Å². The molecule has 1 unspecified atom stereocenters. The van der Waals surface area contributed by atoms with Gasteiger partial charge in [-0.1, -0.05) is 0 Å². The summed E-state index contributed by atoms with van der Waals surface area (Å²) in [5, 5.41) is 30.6. The van der Waals surface area contributed by atoms with Gasteiger partial charge in [0.15, 0.2) is 0 Å². The first-order chi connectivity index (χ1) is 6.66. The van der Waals surface area contributed by atoms with Crippen molar-refractivity contribution < 1.29 is 15.0 Å². The molecule has 0 saturated carbocycles. The minimum absolute atomic E-state index is 0.230. The molecule has 0 aromatic heterocycles. The van der Waals surface area contributed by atoms with E-state index in [-0.39, 0.29) is 11.8 Å². The molecule has 0 radical (unpaired) electrons. The second kappa shape index (κ2) is 6.24. The van der Waals surface area contributed by atoms with Gasteiger partial charge in [0, 0.05) is 13.7 Å². The molecule has 0 bridgehead atoms. The van der Waals surface area contributed by atoms with Crippen molar-refractivity contribution in [2.45, 2.75) is 18.9 Å². The maximum Gasteiger partial charge on any atom is 0.0696 e. The van der Waals surface area contributed by atoms with Crippen molar-refractivity contribution in [3.05, 3.63) is 10.1 Å². The summed E-state index contributed by atoms with van der Waals surface area (Å²) < 4.78 is 0. The first kappa shape index (κ1) is 12.8. The maximum absolute atomic E-state index is 10.6. The maximum atomic E-state index is 10.6. The van der Waals surface area contributed by atoms with Crippen LogP contribution in [0.1, 0.15) is 12.8 Å². The third-order valence-corrected chi connectivity index (χ3v) is 1.79. The molecule has 1 saturated heterocycles. The van der Waals surface area contributed by atoms with Crippen LogP contribution in [0.15, 0.2) is 5.29 Å². The number of nitroso groups, excluding NO2 is 1. The lowest BCUT2D eigenvalue weighted by molar-refractivity contribution is -0.313. The number of carbonyl (C=O) groups is 1. The second-order valence-electron chi connectivity index (χ2n) is 2.47. The Labute approximate surface area is 80.2 Å². The lowest BCUT2D eigenvalue weighted by Gasteiger charge is -2.35. The number of aliphatic hydroxyl groups is 1. The first-order valence-corrected chi connectivity index (χ1v) is 3.89. The van der Waals surface area contributed by atoms with Crippen LogP contribution in [0.5, 0.6) is 0 Å². The van der Waals surface area contributed by atoms with Gasteiger partial charge in [0.2, 0.25) is 0 Å². The highest BCUT2D eigenvalue weighted by Crippen LogP contribution is 2.18. The molecule has 0 spiro atoms. The molecule has 14 heavy (non-hydrogen) atoms. The van der Waals surface area contributed by atoms with Crippen LogP contribution in [0.2, 0.25) is 0 Å². The van der Waals surface area contributed by atoms with Crippen LogP contribution in [-0.4, -0.2) is 41.1 Å². The van der Waals surface area contributed by atoms with Crippen molar-refractivity contribution in [1.29, 1.82) is 0 Å². The number of hydrogen-bond acceptors (Lipinski definition) is 7. The fourth-order valence-electron chi connectivity index (χ4n) is 1.24. The molecule has 1 heterocycles. The van der Waals surface area contributed by atoms with Gasteiger partial charge in [0.1, 0.15) is 0 Å². The Morgan fingerprint density at radius 3 is 2.64 bits per heavy atom. The summed E-state index contributed by atoms with van der Waals surface area (Å²) in [6.45, 7) is 0.230. The Bertz CT molecular complexity index is 200. The van der Waals surface area contributed by atoms with Gasteiger partial charge in [-0.25, -0.2) is 5.01 Å². The third kappa shape index (κ3) is 2.91. The number of nitrogens with zero attached hydrogens (tertiary/aromatic N) is 3. The Balaban J connectivity index is 0.000000791. The molecule has 1 aliphatic rings. The number of rotatable bonds is 3. The molecule has 1 rings (SSSR count). The molecule has 1 N–H and O–H groups in total. The largest absolute Gasteiger partial charge is 0.724 e. The zero-order valence-corrected chi connectivity index (χ0v) is 7.62. The highest BCUT2D eigenvalue weighted by Gasteiger charge is 2.26. The zero-order chi connectivity index (χ0) is 11.1. The summed E-state index contributed by atoms with van der Waals surface area (Å²) in [5.41, 5.74) is 0. The van der Waals surface area contributed by atoms with Crippen molar-refractivity contribution in [3.63, 3.8) is 0 Å². The van der Waals surface area contributed by atoms with E-state index in [1.807, 2.05) is 0 Å². The van der Waals surface area contributed by atoms with Crippen molar-refractivity contribution in [1.82, 2.24) is 10.3 Å². The molecule has 0 amide bonds. The van der Waals surface area contributed by atoms with Crippen LogP contribution in [0.25, 0.3) is 0 Å². The average Bonchev–Trinajstić information content (AvgIpc) is 2.68. The number of carbonyl (C=O) groups excluding carboxylic acids is 1. The monoisotopic (exact) mass is 205 g/mol. The Morgan fingerprint density at radius 2 is 2.21 bits per heavy atom. The van der Waals surface area contributed by atoms with Gasteiger partial charge < -0.3 is 20.2 Å². The lowest BCUT2D eigenvalue weighted by Crippen LogP contribution is -2.48. The van der Waals surface area contributed by atoms with Crippen molar-refractivity contribution in [3.8, 4) is 0 Å². The van der Waals surface area contributed by atoms with Gasteiger partial charge in [-0.3, -0.25) is 5.28 Å². The Hall–Kier alpha value is -1.25. The van der Waals surface area contributed by atoms with E-state index in [2.05, 4.69) is 5.29 Å². The van der Waals surface area contributed by atoms with Gasteiger partial charge in [0.05, 0.1) is 17.3 Å². The smallest absolute Gasteiger partial charge is 0.0696 e. The molecule has 0 aromatic carbocycles. The minimum atomic E-state index is -1.35. The molecule has 1 fully saturated rings. The van der Waals surface area contributed by atoms with Crippen LogP contribution in [0, 0.1) is 10.1 Å². The van der Waals surface area contributed by atoms with Crippen LogP contribution in [0.3, 0.4) is 0 Å². The zero-order valence-electron chi connectivity index (χ0n) is 7.62. The normalized spacial score (nSPS) is 20.9. The van der Waals surface area contributed by atoms with E-state index in [9.17, 15) is 20.0 Å². The summed E-state index contributed by atoms with van der Waals surface area (Å²) in [4.78, 5) is 20.1. The Kier molecular flexibility index (Phi) is 5.68. The highest BCUT2D eigenvalue weighted by molar-refractivity contribution is 5.71. The van der Waals surface area contributed by atoms with E-state index in [0.29, 0.717) is 12.8 Å². The number of aliphatic carboxylic acids is 1. The van der Waals surface area contributed by atoms with Crippen molar-refractivity contribution in [2.24, 2.45) is 5.29 Å². The molecular weight excluding hydrogens is 194 g/mol. The summed E-state index contributed by atoms with van der Waals surface area (Å²) >= 11 is 0. The quantitative estimate of drug-likeness (QED) is 0.426. The highest BCUT2D eigenvalue weighted by atomic mass is 16.6. The predicted octanol–water partition coefficient (Wildman–Crippen LogP) is -1.79. The second-order valence-corrected chi connectivity index (χ2v) is 2.47. The van der Waals surface area contributed by atoms with Gasteiger partial charge in [-0.05, 0) is 12.8 Å². The van der Waals surface area contributed by atoms with Crippen molar-refractivity contribution in [2.75, 3.05) is 13.7 Å². The lowest BCUT2D eigenvalue weighted by atomic mass is 10.2. The van der Waals surface area contributed by atoms with E-state index in [4.69, 9.17) is 5.11 Å². The fourth-order valence-corrected chi connectivity index (χ4v) is 1.24. The molecule has 0 aliphatic carbocycles. The topological polar surface area (TPSA) is 119 Å². The summed E-state index contributed by atoms with van der Waals surface area (Å²) in [7, 11) is 1.00. The van der Waals surface area contributed by atoms with E-state index in [1.54, 1.807) is 0 Å². The standard InChI is InChI=1S/C5H8N3O4.CH4O/c9-5(10)4-2-1-3-7(4)8(12)6-11;1-2/h4H,1-3H2,(H,9,10);2H,1H3/q-1;/p-1. The molecule has 82 valence electrons. The number of aliphatic hydroxyl groups excluding tert-OH is 1. The van der Waals surface area contributed by atoms with Crippen LogP contribution < -0.4 is 5.11 Å². The SMILES string of the molecule is CO.O=NN([O-])N1CCCC1C(=O)[O-]. The van der Waals surface area contributed by atoms with E-state index >= 15 is 0 Å². The third-order valence-electron chi connectivity index (χ3n) is 1.79. The first-order valence-electron chi connectivity index (χ1n) is 3.89. The minimum Gasteiger partial charge on any atom is -0.724 e. The number of hydrogen-bond donors (Lipinski definition) is 1. The fraction of sp³-hybridized carbons (Fsp3) is 0.833. The van der Waals surface area contributed by atoms with Gasteiger partial charge in [-0.2, -0.15) is 0 Å². The van der Waals surface area contributed by atoms with Gasteiger partial charge >= 0.3 is 0 Å². The van der Waals surface area contributed by atoms with E-state index < -0.39 is 12.0 Å². The van der Waals surface area contributed by atoms with Crippen LogP contribution in [0.4, 0.5) is 0 Å². The molecule has 1 aliphatic heterocycles. The van der Waals surface area contributed by atoms with Crippen molar-refractivity contribution >= 4 is 5.97 Å². The van der Waals surface area contributed by atoms with E-state index in [1.165, 1.54) is 0 Å². The number of hydrazine groups is 1. The number of carboxylic acid groups (broad SMARTS) is 1. The van der Waals surface area contributed by atoms with Crippen LogP contribution >= 0.6 is 0 Å². The van der Waals surface area contributed by atoms with Gasteiger partial charge in [-0.15, -0.1) is 4.91 Å². The summed E-state index contributed by atoms with van der Waals surface area (Å²) in [6.07, 6.45) is 0.865. The molecule has 8 nitrogen and oxygen atoms in total. The number of carboxylic acids is 1. The molecule has 0 aromatic rings. The molecule has 8 heteroatoms. The summed E-state index contributed by atoms with van der Waals surface area (Å²) in [6, 6.07) is -1.01. The summed E-state index contributed by atoms with van der Waals surface area (Å²) in [5.74, 6) is -1.35. The van der Waals surface area contributed by atoms with E-state index in [0.717, 1.165) is 12.1 Å². The molecular formula is C6H11N3O5-2. The average molecular weight is 205 g/mol.